The van der Waals surface area contributed by atoms with Crippen LogP contribution in [-0.2, 0) is 38.3 Å². The molecule has 2 saturated heterocycles. The number of carboxylic acid groups (broad SMARTS) is 1. The van der Waals surface area contributed by atoms with E-state index in [1.165, 1.54) is 33.8 Å². The van der Waals surface area contributed by atoms with Gasteiger partial charge >= 0.3 is 48.4 Å². The van der Waals surface area contributed by atoms with Crippen LogP contribution in [0.4, 0.5) is 53.3 Å². The fourth-order valence-electron chi connectivity index (χ4n) is 11.3. The van der Waals surface area contributed by atoms with Crippen molar-refractivity contribution in [3.8, 4) is 0 Å². The minimum absolute atomic E-state index is 0. The number of piperidine rings is 2. The van der Waals surface area contributed by atoms with E-state index in [0.29, 0.717) is 62.4 Å². The van der Waals surface area contributed by atoms with Crippen molar-refractivity contribution in [2.75, 3.05) is 16.4 Å². The molecule has 10 rings (SSSR count). The van der Waals surface area contributed by atoms with E-state index in [4.69, 9.17) is 77.7 Å². The Hall–Kier alpha value is -6.12. The summed E-state index contributed by atoms with van der Waals surface area (Å²) in [7, 11) is 0. The molecule has 702 valence electrons. The number of nitrogens with zero attached hydrogens (tertiary/aromatic N) is 6. The van der Waals surface area contributed by atoms with Crippen molar-refractivity contribution >= 4 is 198 Å². The maximum Gasteiger partial charge on any atom is 0.491 e. The number of aliphatic carboxylic acids is 1. The molecule has 24 nitrogen and oxygen atoms in total. The zero-order valence-corrected chi connectivity index (χ0v) is 85.9. The minimum atomic E-state index is -5.62. The first-order valence-electron chi connectivity index (χ1n) is 38.8. The number of anilines is 3. The third kappa shape index (κ3) is 45.3. The molecule has 6 atom stereocenters. The van der Waals surface area contributed by atoms with Crippen LogP contribution in [-0.4, -0.2) is 145 Å². The van der Waals surface area contributed by atoms with Gasteiger partial charge in [0.15, 0.2) is 4.30 Å². The highest BCUT2D eigenvalue weighted by atomic mass is 79.9. The average Bonchev–Trinajstić information content (AvgIpc) is 1.55. The molecule has 125 heavy (non-hydrogen) atoms. The SMILES string of the molecule is CC(C)(C)N.CC(C)(C)OC(=O)N1[C@H](C(=O)O)C[C@@]2(C)C[C@@H]12.CC(C)c1ccc(Br)[n+](O)c1.CC(C)c1ccc(Br)cc1NC(C)(C)C.CC(C)c1ccc(Br)nc1.CC(C)c1ccc(Br)nc1N.CC(C)c1ccc(Br)nc1NC(=O)[C@@H]1C[C@@]2(C)C[C@H]2N1C(=O)OC(C)(C)C.Cl.ClC(Cl)Cl.O=C(OC(=O)C(F)(F)F)C(F)(F)F.O=C(OO)c1cccc(Cl)c1. The normalized spacial score (nSPS) is 17.6. The smallest absolute Gasteiger partial charge is 0.480 e. The number of carbonyl (C=O) groups excluding carboxylic acids is 6. The summed E-state index contributed by atoms with van der Waals surface area (Å²) in [5, 5.41) is 33.3. The van der Waals surface area contributed by atoms with Crippen LogP contribution in [0.2, 0.25) is 5.02 Å². The second-order valence-corrected chi connectivity index (χ2v) is 41.7. The van der Waals surface area contributed by atoms with E-state index >= 15 is 0 Å². The summed E-state index contributed by atoms with van der Waals surface area (Å²) in [5.41, 5.74) is 17.2. The highest BCUT2D eigenvalue weighted by Gasteiger charge is 2.66. The van der Waals surface area contributed by atoms with Gasteiger partial charge in [-0.15, -0.1) is 12.4 Å². The van der Waals surface area contributed by atoms with Gasteiger partial charge < -0.3 is 41.4 Å². The third-order valence-corrected chi connectivity index (χ3v) is 20.0. The summed E-state index contributed by atoms with van der Waals surface area (Å²) < 4.78 is 85.0. The van der Waals surface area contributed by atoms with Crippen LogP contribution in [0.3, 0.4) is 0 Å². The van der Waals surface area contributed by atoms with Gasteiger partial charge in [0, 0.05) is 76.8 Å². The van der Waals surface area contributed by atoms with Crippen molar-refractivity contribution in [3.05, 3.63) is 165 Å². The molecule has 0 spiro atoms. The van der Waals surface area contributed by atoms with E-state index < -0.39 is 76.0 Å². The molecule has 0 radical (unpaired) electrons. The van der Waals surface area contributed by atoms with E-state index in [0.717, 1.165) is 47.9 Å². The largest absolute Gasteiger partial charge is 0.491 e. The number of amides is 3. The predicted molar refractivity (Wildman–Crippen MR) is 497 cm³/mol. The van der Waals surface area contributed by atoms with Crippen molar-refractivity contribution in [1.82, 2.24) is 24.8 Å². The molecule has 6 heterocycles. The topological polar surface area (TPSA) is 342 Å². The number of likely N-dealkylation sites (tertiary alicyclic amines) is 2. The number of hydrogen-bond acceptors (Lipinski definition) is 19. The number of aromatic nitrogens is 4. The number of nitrogens with one attached hydrogen (secondary N) is 2. The molecular weight excluding hydrogens is 2080 g/mol. The third-order valence-electron chi connectivity index (χ3n) is 17.3. The molecule has 4 fully saturated rings. The summed E-state index contributed by atoms with van der Waals surface area (Å²) in [6.45, 7) is 48.7. The number of carboxylic acids is 1. The summed E-state index contributed by atoms with van der Waals surface area (Å²) in [6.07, 6.45) is -5.58. The van der Waals surface area contributed by atoms with Gasteiger partial charge in [-0.2, -0.15) is 31.6 Å². The Balaban J connectivity index is 0.00000141. The molecular formula is C85H117Br5Cl5F6N10O14+. The van der Waals surface area contributed by atoms with Gasteiger partial charge in [0.2, 0.25) is 12.1 Å². The lowest BCUT2D eigenvalue weighted by atomic mass is 9.99. The molecule has 2 aromatic carbocycles. The van der Waals surface area contributed by atoms with Gasteiger partial charge in [-0.3, -0.25) is 24.7 Å². The Morgan fingerprint density at radius 1 is 0.584 bits per heavy atom. The number of alkyl halides is 9. The number of rotatable bonds is 10. The van der Waals surface area contributed by atoms with Gasteiger partial charge in [-0.25, -0.2) is 43.7 Å². The van der Waals surface area contributed by atoms with E-state index in [1.807, 2.05) is 97.1 Å². The minimum Gasteiger partial charge on any atom is -0.480 e. The van der Waals surface area contributed by atoms with Crippen LogP contribution >= 0.6 is 138 Å². The summed E-state index contributed by atoms with van der Waals surface area (Å²) in [4.78, 5) is 98.1. The second kappa shape index (κ2) is 51.5. The maximum atomic E-state index is 13.1. The number of carbonyl (C=O) groups is 7. The first kappa shape index (κ1) is 119. The molecule has 4 aliphatic rings. The molecule has 2 saturated carbocycles. The van der Waals surface area contributed by atoms with Gasteiger partial charge in [-0.05, 0) is 274 Å². The average molecular weight is 2190 g/mol. The number of nitrogen functional groups attached to an aromatic ring is 1. The molecule has 4 aromatic heterocycles. The fraction of sp³-hybridized carbons (Fsp3) is 0.541. The number of halogens is 16. The van der Waals surface area contributed by atoms with E-state index in [2.05, 4.69) is 236 Å². The number of benzene rings is 2. The van der Waals surface area contributed by atoms with E-state index in [1.54, 1.807) is 44.0 Å². The Labute approximate surface area is 797 Å². The van der Waals surface area contributed by atoms with E-state index in [-0.39, 0.29) is 63.8 Å². The summed E-state index contributed by atoms with van der Waals surface area (Å²) >= 11 is 36.6. The monoisotopic (exact) mass is 2190 g/mol. The van der Waals surface area contributed by atoms with Gasteiger partial charge in [0.25, 0.3) is 4.60 Å². The highest BCUT2D eigenvalue weighted by Crippen LogP contribution is 2.60. The number of hydrogen-bond donors (Lipinski definition) is 7. The number of ether oxygens (including phenoxy) is 3. The Morgan fingerprint density at radius 3 is 1.38 bits per heavy atom. The molecule has 9 N–H and O–H groups in total. The van der Waals surface area contributed by atoms with E-state index in [9.17, 15) is 65.1 Å². The quantitative estimate of drug-likeness (QED) is 0.00640. The highest BCUT2D eigenvalue weighted by molar-refractivity contribution is 9.11. The van der Waals surface area contributed by atoms with Crippen LogP contribution in [0.1, 0.15) is 260 Å². The summed E-state index contributed by atoms with van der Waals surface area (Å²) in [5.74, 6) is -4.98. The standard InChI is InChI=1S/C20H28BrN3O3.C13H20BrN.C12H19NO4.C8H11BrN2.C8H11BrNO.C8H10BrN.C7H5ClO3.C4F6O3.C4H11N.CHCl3.ClH/c1-11(2)12-7-8-15(21)22-16(12)23-17(25)13-9-20(6)10-14(20)24(13)18(26)27-19(3,4)5;1-9(2)11-7-6-10(14)8-12(11)15-13(3,4)5;1-11(2,3)17-10(16)13-7(9(14)15)5-12(4)6-8(12)13;1-5(2)6-3-4-7(9)11-8(6)10;1-6(2)7-3-4-8(9)10(11)5-7;1-6(2)7-3-4-8(9)10-5-7;8-6-3-1-2-5(4-6)7(9)11-10;5-3(6,7)1(11)13-2(12)4(8,9)10;1-4(2,3)5;2-1(3)4;/h7-8,11,13-14H,9-10H2,1-6H3,(H,22,23,25);6-9,15H,1-5H3;7-8H,5-6H2,1-4H3,(H,14,15);3-5H,1-2H3,(H2,10,11);3-6,11H,1-2H3;3-6H,1-2H3;1-4,10H;;5H2,1-3H3;1H;1H/q;;;;+1;;;;;;/t13-,14+,20-;;7-,8+,12-;;;;;;;;/m0.0......../s1. The van der Waals surface area contributed by atoms with Crippen molar-refractivity contribution in [2.45, 2.75) is 285 Å². The maximum absolute atomic E-state index is 13.1. The second-order valence-electron chi connectivity index (χ2n) is 35.1. The zero-order valence-electron chi connectivity index (χ0n) is 74.2. The molecule has 0 unspecified atom stereocenters. The molecule has 0 bridgehead atoms. The molecule has 3 amide bonds. The molecule has 40 heteroatoms. The van der Waals surface area contributed by atoms with Crippen molar-refractivity contribution in [1.29, 1.82) is 0 Å². The van der Waals surface area contributed by atoms with Crippen molar-refractivity contribution in [2.24, 2.45) is 16.6 Å². The lowest BCUT2D eigenvalue weighted by Gasteiger charge is -2.30. The number of esters is 2. The number of fused-ring (bicyclic) bond motifs is 2. The first-order valence-corrected chi connectivity index (χ1v) is 44.4. The zero-order chi connectivity index (χ0) is 96.4. The Morgan fingerprint density at radius 2 is 1.00 bits per heavy atom. The van der Waals surface area contributed by atoms with Gasteiger partial charge in [0.05, 0.1) is 5.56 Å². The van der Waals surface area contributed by atoms with Crippen LogP contribution in [0.25, 0.3) is 0 Å². The fourth-order valence-corrected chi connectivity index (χ4v) is 12.9. The van der Waals surface area contributed by atoms with Crippen molar-refractivity contribution in [3.63, 3.8) is 0 Å². The van der Waals surface area contributed by atoms with Gasteiger partial charge in [0.1, 0.15) is 48.7 Å². The number of pyridine rings is 4. The summed E-state index contributed by atoms with van der Waals surface area (Å²) in [6, 6.07) is 27.0. The molecule has 6 aromatic rings. The number of nitrogens with two attached hydrogens (primary N) is 2. The van der Waals surface area contributed by atoms with Crippen LogP contribution in [0.15, 0.2) is 126 Å². The lowest BCUT2D eigenvalue weighted by molar-refractivity contribution is -0.913. The van der Waals surface area contributed by atoms with Crippen molar-refractivity contribution < 1.29 is 99.3 Å². The Kier molecular flexibility index (Phi) is 49.0. The van der Waals surface area contributed by atoms with Crippen LogP contribution in [0.5, 0.6) is 0 Å². The van der Waals surface area contributed by atoms with Crippen LogP contribution in [0, 0.1) is 10.8 Å². The Bertz CT molecular complexity index is 4470. The van der Waals surface area contributed by atoms with Crippen LogP contribution < -0.4 is 26.8 Å². The molecule has 2 aliphatic carbocycles. The lowest BCUT2D eigenvalue weighted by Crippen LogP contribution is -2.47. The first-order chi connectivity index (χ1) is 56.3. The molecule has 2 aliphatic heterocycles. The van der Waals surface area contributed by atoms with Gasteiger partial charge in [-0.1, -0.05) is 176 Å². The predicted octanol–water partition coefficient (Wildman–Crippen LogP) is 25.3.